The van der Waals surface area contributed by atoms with Gasteiger partial charge in [0.25, 0.3) is 0 Å². The van der Waals surface area contributed by atoms with Crippen molar-refractivity contribution in [2.75, 3.05) is 6.79 Å². The second-order valence-electron chi connectivity index (χ2n) is 5.11. The van der Waals surface area contributed by atoms with E-state index < -0.39 is 11.4 Å². The lowest BCUT2D eigenvalue weighted by Crippen LogP contribution is -2.38. The van der Waals surface area contributed by atoms with Crippen molar-refractivity contribution in [3.05, 3.63) is 22.2 Å². The second-order valence-corrected chi connectivity index (χ2v) is 5.90. The molecule has 1 fully saturated rings. The molecule has 0 aromatic heterocycles. The minimum Gasteiger partial charge on any atom is -0.481 e. The van der Waals surface area contributed by atoms with Crippen LogP contribution in [0.5, 0.6) is 11.5 Å². The average Bonchev–Trinajstić information content (AvgIpc) is 2.89. The van der Waals surface area contributed by atoms with E-state index in [0.717, 1.165) is 29.3 Å². The van der Waals surface area contributed by atoms with Crippen LogP contribution in [-0.2, 0) is 10.2 Å². The van der Waals surface area contributed by atoms with Gasteiger partial charge in [0.1, 0.15) is 0 Å². The molecular formula is C14H15BrO4. The van der Waals surface area contributed by atoms with Crippen LogP contribution in [-0.4, -0.2) is 17.9 Å². The zero-order valence-electron chi connectivity index (χ0n) is 10.4. The molecule has 1 heterocycles. The fraction of sp³-hybridized carbons (Fsp3) is 0.500. The van der Waals surface area contributed by atoms with Crippen LogP contribution < -0.4 is 9.47 Å². The molecule has 1 saturated carbocycles. The lowest BCUT2D eigenvalue weighted by Gasteiger charge is -2.34. The van der Waals surface area contributed by atoms with Crippen LogP contribution in [0.15, 0.2) is 16.6 Å². The Balaban J connectivity index is 2.11. The Hall–Kier alpha value is -1.23. The number of carboxylic acid groups (broad SMARTS) is 1. The van der Waals surface area contributed by atoms with Gasteiger partial charge in [-0.1, -0.05) is 25.3 Å². The number of hydrogen-bond donors (Lipinski definition) is 1. The number of ether oxygens (including phenoxy) is 2. The van der Waals surface area contributed by atoms with Crippen LogP contribution in [0.1, 0.15) is 37.7 Å². The van der Waals surface area contributed by atoms with E-state index in [2.05, 4.69) is 15.9 Å². The predicted molar refractivity (Wildman–Crippen MR) is 72.7 cm³/mol. The third-order valence-corrected chi connectivity index (χ3v) is 4.90. The van der Waals surface area contributed by atoms with E-state index in [9.17, 15) is 9.90 Å². The summed E-state index contributed by atoms with van der Waals surface area (Å²) in [4.78, 5) is 11.8. The molecule has 5 heteroatoms. The molecule has 1 aromatic rings. The van der Waals surface area contributed by atoms with Crippen molar-refractivity contribution in [3.63, 3.8) is 0 Å². The summed E-state index contributed by atoms with van der Waals surface area (Å²) in [7, 11) is 0. The number of aliphatic carboxylic acids is 1. The molecule has 0 bridgehead atoms. The van der Waals surface area contributed by atoms with E-state index in [1.165, 1.54) is 0 Å². The third kappa shape index (κ3) is 1.91. The third-order valence-electron chi connectivity index (χ3n) is 4.11. The highest BCUT2D eigenvalue weighted by atomic mass is 79.9. The highest BCUT2D eigenvalue weighted by Gasteiger charge is 2.43. The Morgan fingerprint density at radius 2 is 1.95 bits per heavy atom. The van der Waals surface area contributed by atoms with Crippen molar-refractivity contribution in [2.45, 2.75) is 37.5 Å². The molecule has 19 heavy (non-hydrogen) atoms. The first-order valence-corrected chi connectivity index (χ1v) is 7.26. The first-order chi connectivity index (χ1) is 9.15. The van der Waals surface area contributed by atoms with Crippen molar-refractivity contribution in [3.8, 4) is 11.5 Å². The summed E-state index contributed by atoms with van der Waals surface area (Å²) in [6, 6.07) is 3.67. The largest absolute Gasteiger partial charge is 0.481 e. The van der Waals surface area contributed by atoms with E-state index in [-0.39, 0.29) is 6.79 Å². The minimum atomic E-state index is -0.794. The lowest BCUT2D eigenvalue weighted by molar-refractivity contribution is -0.145. The molecule has 102 valence electrons. The van der Waals surface area contributed by atoms with Crippen LogP contribution in [0.3, 0.4) is 0 Å². The van der Waals surface area contributed by atoms with Crippen LogP contribution in [0, 0.1) is 0 Å². The standard InChI is InChI=1S/C14H15BrO4/c15-11-9(4-5-10-12(11)19-8-18-10)14(13(16)17)6-2-1-3-7-14/h4-5H,1-3,6-8H2,(H,16,17). The predicted octanol–water partition coefficient (Wildman–Crippen LogP) is 3.46. The van der Waals surface area contributed by atoms with Crippen LogP contribution in [0.25, 0.3) is 0 Å². The van der Waals surface area contributed by atoms with Gasteiger partial charge in [-0.15, -0.1) is 0 Å². The number of halogens is 1. The van der Waals surface area contributed by atoms with Gasteiger partial charge in [-0.25, -0.2) is 0 Å². The molecule has 4 nitrogen and oxygen atoms in total. The molecule has 0 saturated heterocycles. The summed E-state index contributed by atoms with van der Waals surface area (Å²) in [6.45, 7) is 0.192. The van der Waals surface area contributed by atoms with Crippen molar-refractivity contribution >= 4 is 21.9 Å². The quantitative estimate of drug-likeness (QED) is 0.904. The van der Waals surface area contributed by atoms with Gasteiger partial charge >= 0.3 is 5.97 Å². The number of rotatable bonds is 2. The van der Waals surface area contributed by atoms with Gasteiger partial charge in [-0.2, -0.15) is 0 Å². The van der Waals surface area contributed by atoms with E-state index in [4.69, 9.17) is 9.47 Å². The molecule has 3 rings (SSSR count). The van der Waals surface area contributed by atoms with E-state index in [1.54, 1.807) is 0 Å². The monoisotopic (exact) mass is 326 g/mol. The molecule has 2 aliphatic rings. The van der Waals surface area contributed by atoms with Gasteiger partial charge in [-0.05, 0) is 40.4 Å². The minimum absolute atomic E-state index is 0.192. The van der Waals surface area contributed by atoms with Gasteiger partial charge in [0.05, 0.1) is 9.89 Å². The Bertz CT molecular complexity index is 520. The van der Waals surface area contributed by atoms with Gasteiger partial charge < -0.3 is 14.6 Å². The van der Waals surface area contributed by atoms with Crippen LogP contribution >= 0.6 is 15.9 Å². The molecule has 1 N–H and O–H groups in total. The molecule has 0 unspecified atom stereocenters. The molecule has 1 aromatic carbocycles. The zero-order valence-corrected chi connectivity index (χ0v) is 12.0. The molecule has 1 aliphatic heterocycles. The first kappa shape index (κ1) is 12.8. The Labute approximate surface area is 119 Å². The van der Waals surface area contributed by atoms with E-state index in [1.807, 2.05) is 12.1 Å². The van der Waals surface area contributed by atoms with Gasteiger partial charge in [0.15, 0.2) is 11.5 Å². The maximum absolute atomic E-state index is 11.8. The molecule has 0 radical (unpaired) electrons. The maximum atomic E-state index is 11.8. The topological polar surface area (TPSA) is 55.8 Å². The molecular weight excluding hydrogens is 312 g/mol. The smallest absolute Gasteiger partial charge is 0.314 e. The molecule has 0 atom stereocenters. The van der Waals surface area contributed by atoms with Crippen molar-refractivity contribution in [2.24, 2.45) is 0 Å². The summed E-state index contributed by atoms with van der Waals surface area (Å²) in [5.74, 6) is 0.558. The summed E-state index contributed by atoms with van der Waals surface area (Å²) in [6.07, 6.45) is 4.37. The molecule has 0 amide bonds. The van der Waals surface area contributed by atoms with Crippen molar-refractivity contribution in [1.82, 2.24) is 0 Å². The first-order valence-electron chi connectivity index (χ1n) is 6.47. The Morgan fingerprint density at radius 3 is 2.63 bits per heavy atom. The summed E-state index contributed by atoms with van der Waals surface area (Å²) < 4.78 is 11.5. The summed E-state index contributed by atoms with van der Waals surface area (Å²) >= 11 is 3.50. The Morgan fingerprint density at radius 1 is 1.21 bits per heavy atom. The number of benzene rings is 1. The number of fused-ring (bicyclic) bond motifs is 1. The zero-order chi connectivity index (χ0) is 13.5. The number of carboxylic acids is 1. The van der Waals surface area contributed by atoms with Crippen molar-refractivity contribution in [1.29, 1.82) is 0 Å². The summed E-state index contributed by atoms with van der Waals surface area (Å²) in [5.41, 5.74) is 0.0156. The van der Waals surface area contributed by atoms with Gasteiger partial charge in [0, 0.05) is 0 Å². The number of hydrogen-bond acceptors (Lipinski definition) is 3. The molecule has 0 spiro atoms. The number of carbonyl (C=O) groups is 1. The van der Waals surface area contributed by atoms with Gasteiger partial charge in [0.2, 0.25) is 6.79 Å². The fourth-order valence-corrected chi connectivity index (χ4v) is 3.88. The maximum Gasteiger partial charge on any atom is 0.314 e. The van der Waals surface area contributed by atoms with Gasteiger partial charge in [-0.3, -0.25) is 4.79 Å². The SMILES string of the molecule is O=C(O)C1(c2ccc3c(c2Br)OCO3)CCCCC1. The van der Waals surface area contributed by atoms with Crippen LogP contribution in [0.2, 0.25) is 0 Å². The second kappa shape index (κ2) is 4.71. The van der Waals surface area contributed by atoms with Crippen molar-refractivity contribution < 1.29 is 19.4 Å². The van der Waals surface area contributed by atoms with E-state index >= 15 is 0 Å². The normalized spacial score (nSPS) is 20.3. The Kier molecular flexibility index (Phi) is 3.17. The molecule has 1 aliphatic carbocycles. The fourth-order valence-electron chi connectivity index (χ4n) is 3.06. The highest BCUT2D eigenvalue weighted by molar-refractivity contribution is 9.10. The summed E-state index contributed by atoms with van der Waals surface area (Å²) in [5, 5.41) is 9.72. The van der Waals surface area contributed by atoms with Crippen LogP contribution in [0.4, 0.5) is 0 Å². The van der Waals surface area contributed by atoms with E-state index in [0.29, 0.717) is 24.3 Å². The highest BCUT2D eigenvalue weighted by Crippen LogP contribution is 2.49. The lowest BCUT2D eigenvalue weighted by atomic mass is 9.69. The average molecular weight is 327 g/mol.